The van der Waals surface area contributed by atoms with E-state index in [9.17, 15) is 0 Å². The quantitative estimate of drug-likeness (QED) is 0.208. The molecule has 0 saturated heterocycles. The summed E-state index contributed by atoms with van der Waals surface area (Å²) >= 11 is 2.31. The number of hydrogen-bond acceptors (Lipinski definition) is 7. The molecule has 0 fully saturated rings. The van der Waals surface area contributed by atoms with Crippen LogP contribution < -0.4 is 16.2 Å². The zero-order valence-electron chi connectivity index (χ0n) is 13.4. The first-order valence-electron chi connectivity index (χ1n) is 7.75. The molecule has 0 saturated carbocycles. The van der Waals surface area contributed by atoms with E-state index in [1.165, 1.54) is 0 Å². The van der Waals surface area contributed by atoms with E-state index in [0.29, 0.717) is 6.61 Å². The minimum Gasteiger partial charge on any atom is -0.377 e. The van der Waals surface area contributed by atoms with Gasteiger partial charge in [-0.15, -0.1) is 10.2 Å². The molecule has 0 aliphatic heterocycles. The lowest BCUT2D eigenvalue weighted by Crippen LogP contribution is -2.38. The highest BCUT2D eigenvalue weighted by molar-refractivity contribution is 14.1. The van der Waals surface area contributed by atoms with Gasteiger partial charge in [0, 0.05) is 16.6 Å². The first kappa shape index (κ1) is 18.2. The molecule has 0 aliphatic carbocycles. The van der Waals surface area contributed by atoms with E-state index >= 15 is 0 Å². The third kappa shape index (κ3) is 4.13. The summed E-state index contributed by atoms with van der Waals surface area (Å²) in [5.74, 6) is 0. The third-order valence-electron chi connectivity index (χ3n) is 3.75. The van der Waals surface area contributed by atoms with Gasteiger partial charge in [0.2, 0.25) is 10.9 Å². The molecule has 3 aromatic rings. The number of aromatic nitrogens is 6. The van der Waals surface area contributed by atoms with Crippen molar-refractivity contribution in [2.24, 2.45) is 0 Å². The van der Waals surface area contributed by atoms with Crippen LogP contribution in [0.3, 0.4) is 0 Å². The molecule has 128 valence electrons. The van der Waals surface area contributed by atoms with Crippen molar-refractivity contribution < 1.29 is 4.74 Å². The Labute approximate surface area is 160 Å². The lowest BCUT2D eigenvalue weighted by Gasteiger charge is -2.23. The summed E-state index contributed by atoms with van der Waals surface area (Å²) in [6.07, 6.45) is 4.10. The normalized spacial score (nSPS) is 11.4. The molecule has 0 bridgehead atoms. The van der Waals surface area contributed by atoms with Crippen molar-refractivity contribution in [2.45, 2.75) is 0 Å². The fourth-order valence-electron chi connectivity index (χ4n) is 2.66. The second-order valence-electron chi connectivity index (χ2n) is 5.13. The average molecular weight is 471 g/mol. The number of benzene rings is 1. The lowest BCUT2D eigenvalue weighted by molar-refractivity contribution is 0.168. The molecule has 7 nitrogen and oxygen atoms in total. The molecule has 0 unspecified atom stereocenters. The highest BCUT2D eigenvalue weighted by Crippen LogP contribution is 2.53. The van der Waals surface area contributed by atoms with Gasteiger partial charge in [0.15, 0.2) is 7.26 Å². The minimum absolute atomic E-state index is 0.611. The van der Waals surface area contributed by atoms with Crippen LogP contribution in [-0.4, -0.2) is 54.6 Å². The molecule has 2 aromatic heterocycles. The maximum absolute atomic E-state index is 5.80. The second kappa shape index (κ2) is 9.17. The van der Waals surface area contributed by atoms with Crippen LogP contribution in [0.15, 0.2) is 54.9 Å². The molecule has 1 aromatic carbocycles. The summed E-state index contributed by atoms with van der Waals surface area (Å²) in [5.41, 5.74) is 1.74. The number of rotatable bonds is 8. The van der Waals surface area contributed by atoms with Gasteiger partial charge in [0.25, 0.3) is 0 Å². The van der Waals surface area contributed by atoms with E-state index in [2.05, 4.69) is 65.5 Å². The van der Waals surface area contributed by atoms with Crippen LogP contribution >= 0.6 is 29.9 Å². The molecule has 25 heavy (non-hydrogen) atoms. The molecular formula is C16H17IN6OP+. The average Bonchev–Trinajstić information content (AvgIpc) is 2.70. The molecule has 3 rings (SSSR count). The summed E-state index contributed by atoms with van der Waals surface area (Å²) in [6.45, 7) is 1.33. The van der Waals surface area contributed by atoms with Crippen LogP contribution in [0.1, 0.15) is 0 Å². The topological polar surface area (TPSA) is 86.6 Å². The maximum atomic E-state index is 5.80. The molecule has 0 amide bonds. The standard InChI is InChI=1S/C16H17IN6OP/c17-8-11-24-12-13-25(14-4-2-1-3-5-14,15-6-9-18-22-20-15)16-7-10-19-23-21-16/h1-7,9-10H,8,11-13H2/q+1/i17+4. The van der Waals surface area contributed by atoms with Gasteiger partial charge in [-0.2, -0.15) is 0 Å². The van der Waals surface area contributed by atoms with E-state index in [4.69, 9.17) is 4.74 Å². The van der Waals surface area contributed by atoms with E-state index in [0.717, 1.165) is 33.4 Å². The SMILES string of the molecule is [131I]CCOCC[P+](c1ccccc1)(c1ccnnn1)c1ccnnn1. The Kier molecular flexibility index (Phi) is 6.66. The Morgan fingerprint density at radius 1 is 0.840 bits per heavy atom. The molecule has 0 N–H and O–H groups in total. The van der Waals surface area contributed by atoms with Crippen LogP contribution in [0.25, 0.3) is 0 Å². The Balaban J connectivity index is 2.13. The Bertz CT molecular complexity index is 669. The summed E-state index contributed by atoms with van der Waals surface area (Å²) in [7, 11) is -2.15. The molecule has 0 radical (unpaired) electrons. The van der Waals surface area contributed by atoms with Crippen LogP contribution in [-0.2, 0) is 4.74 Å². The Morgan fingerprint density at radius 3 is 2.00 bits per heavy atom. The number of ether oxygens (including phenoxy) is 1. The predicted octanol–water partition coefficient (Wildman–Crippen LogP) is 0.802. The van der Waals surface area contributed by atoms with Gasteiger partial charge in [-0.3, -0.25) is 0 Å². The number of nitrogens with zero attached hydrogens (tertiary/aromatic N) is 6. The maximum Gasteiger partial charge on any atom is 0.218 e. The number of halogens is 1. The zero-order chi connectivity index (χ0) is 17.4. The summed E-state index contributed by atoms with van der Waals surface area (Å²) in [6, 6.07) is 14.1. The molecule has 0 atom stereocenters. The molecule has 0 spiro atoms. The fourth-order valence-corrected chi connectivity index (χ4v) is 6.56. The number of hydrogen-bond donors (Lipinski definition) is 0. The van der Waals surface area contributed by atoms with Crippen molar-refractivity contribution in [1.29, 1.82) is 0 Å². The Morgan fingerprint density at radius 2 is 1.48 bits per heavy atom. The molecular weight excluding hydrogens is 454 g/mol. The van der Waals surface area contributed by atoms with Crippen LogP contribution in [0, 0.1) is 0 Å². The predicted molar refractivity (Wildman–Crippen MR) is 106 cm³/mol. The van der Waals surface area contributed by atoms with E-state index in [1.54, 1.807) is 12.4 Å². The first-order valence-corrected chi connectivity index (χ1v) is 11.2. The van der Waals surface area contributed by atoms with Crippen LogP contribution in [0.2, 0.25) is 0 Å². The van der Waals surface area contributed by atoms with Crippen molar-refractivity contribution in [3.8, 4) is 0 Å². The van der Waals surface area contributed by atoms with Crippen LogP contribution in [0.5, 0.6) is 0 Å². The largest absolute Gasteiger partial charge is 0.377 e. The molecule has 9 heteroatoms. The monoisotopic (exact) mass is 471 g/mol. The van der Waals surface area contributed by atoms with E-state index < -0.39 is 7.26 Å². The summed E-state index contributed by atoms with van der Waals surface area (Å²) in [5, 5.41) is 25.3. The molecule has 0 aliphatic rings. The zero-order valence-corrected chi connectivity index (χ0v) is 16.5. The van der Waals surface area contributed by atoms with Gasteiger partial charge in [-0.1, -0.05) is 51.0 Å². The van der Waals surface area contributed by atoms with Crippen LogP contribution in [0.4, 0.5) is 0 Å². The second-order valence-corrected chi connectivity index (χ2v) is 9.71. The van der Waals surface area contributed by atoms with Crippen molar-refractivity contribution in [1.82, 2.24) is 30.8 Å². The van der Waals surface area contributed by atoms with Gasteiger partial charge in [-0.25, -0.2) is 0 Å². The van der Waals surface area contributed by atoms with Crippen molar-refractivity contribution in [3.05, 3.63) is 54.9 Å². The Hall–Kier alpha value is -1.64. The highest BCUT2D eigenvalue weighted by Gasteiger charge is 2.49. The minimum atomic E-state index is -2.15. The van der Waals surface area contributed by atoms with Gasteiger partial charge in [-0.05, 0) is 22.6 Å². The summed E-state index contributed by atoms with van der Waals surface area (Å²) < 4.78 is 6.75. The molecule has 2 heterocycles. The third-order valence-corrected chi connectivity index (χ3v) is 8.26. The van der Waals surface area contributed by atoms with Gasteiger partial charge in [0.1, 0.15) is 11.5 Å². The van der Waals surface area contributed by atoms with Crippen molar-refractivity contribution >= 4 is 46.0 Å². The fraction of sp³-hybridized carbons (Fsp3) is 0.250. The van der Waals surface area contributed by atoms with Crippen molar-refractivity contribution in [2.75, 3.05) is 23.8 Å². The summed E-state index contributed by atoms with van der Waals surface area (Å²) in [4.78, 5) is 0. The first-order chi connectivity index (χ1) is 12.4. The van der Waals surface area contributed by atoms with E-state index in [1.807, 2.05) is 30.3 Å². The number of alkyl halides is 1. The van der Waals surface area contributed by atoms with Crippen molar-refractivity contribution in [3.63, 3.8) is 0 Å². The van der Waals surface area contributed by atoms with Gasteiger partial charge < -0.3 is 4.74 Å². The van der Waals surface area contributed by atoms with Gasteiger partial charge >= 0.3 is 0 Å². The smallest absolute Gasteiger partial charge is 0.218 e. The lowest BCUT2D eigenvalue weighted by atomic mass is 10.4. The van der Waals surface area contributed by atoms with Gasteiger partial charge in [0.05, 0.1) is 25.6 Å². The highest BCUT2D eigenvalue weighted by atomic mass is 131. The van der Waals surface area contributed by atoms with E-state index in [-0.39, 0.29) is 0 Å².